The van der Waals surface area contributed by atoms with Crippen LogP contribution in [0.1, 0.15) is 18.7 Å². The van der Waals surface area contributed by atoms with Crippen LogP contribution < -0.4 is 14.2 Å². The lowest BCUT2D eigenvalue weighted by atomic mass is 10.2. The molecule has 1 unspecified atom stereocenters. The lowest BCUT2D eigenvalue weighted by Crippen LogP contribution is -2.27. The van der Waals surface area contributed by atoms with Crippen molar-refractivity contribution < 1.29 is 17.9 Å². The highest BCUT2D eigenvalue weighted by molar-refractivity contribution is 9.10. The Morgan fingerprint density at radius 2 is 1.83 bits per heavy atom. The number of nitrogens with zero attached hydrogens (tertiary/aromatic N) is 1. The highest BCUT2D eigenvalue weighted by atomic mass is 79.9. The zero-order valence-corrected chi connectivity index (χ0v) is 15.3. The standard InChI is InChI=1S/C15H17BrN2O4S/c1-10(12-6-4-5-7-17-12)18-23(19,20)15-9-14(22-3)13(21-2)8-11(15)16/h4-10,18H,1-3H3. The molecule has 1 aromatic heterocycles. The molecule has 0 aliphatic carbocycles. The van der Waals surface area contributed by atoms with E-state index in [2.05, 4.69) is 25.6 Å². The molecule has 0 amide bonds. The number of sulfonamides is 1. The minimum atomic E-state index is -3.77. The fraction of sp³-hybridized carbons (Fsp3) is 0.267. The summed E-state index contributed by atoms with van der Waals surface area (Å²) < 4.78 is 38.6. The van der Waals surface area contributed by atoms with Gasteiger partial charge >= 0.3 is 0 Å². The van der Waals surface area contributed by atoms with Gasteiger partial charge in [0.25, 0.3) is 0 Å². The number of methoxy groups -OCH3 is 2. The van der Waals surface area contributed by atoms with Gasteiger partial charge in [-0.15, -0.1) is 0 Å². The van der Waals surface area contributed by atoms with E-state index in [1.807, 2.05) is 0 Å². The first-order valence-corrected chi connectivity index (χ1v) is 9.01. The first-order valence-electron chi connectivity index (χ1n) is 6.74. The first-order chi connectivity index (χ1) is 10.9. The SMILES string of the molecule is COc1cc(Br)c(S(=O)(=O)NC(C)c2ccccn2)cc1OC. The van der Waals surface area contributed by atoms with Gasteiger partial charge in [-0.25, -0.2) is 13.1 Å². The molecule has 0 bridgehead atoms. The topological polar surface area (TPSA) is 77.5 Å². The van der Waals surface area contributed by atoms with Crippen molar-refractivity contribution in [1.82, 2.24) is 9.71 Å². The Bertz CT molecular complexity index is 782. The van der Waals surface area contributed by atoms with Crippen LogP contribution in [-0.2, 0) is 10.0 Å². The summed E-state index contributed by atoms with van der Waals surface area (Å²) in [6.07, 6.45) is 1.62. The van der Waals surface area contributed by atoms with Gasteiger partial charge in [0.1, 0.15) is 4.90 Å². The Morgan fingerprint density at radius 3 is 2.39 bits per heavy atom. The third kappa shape index (κ3) is 4.01. The van der Waals surface area contributed by atoms with Crippen LogP contribution in [0.3, 0.4) is 0 Å². The second kappa shape index (κ2) is 7.29. The van der Waals surface area contributed by atoms with Gasteiger partial charge in [0, 0.05) is 16.7 Å². The summed E-state index contributed by atoms with van der Waals surface area (Å²) in [4.78, 5) is 4.22. The van der Waals surface area contributed by atoms with Gasteiger partial charge in [0.15, 0.2) is 11.5 Å². The van der Waals surface area contributed by atoms with Crippen LogP contribution in [0, 0.1) is 0 Å². The van der Waals surface area contributed by atoms with Crippen molar-refractivity contribution in [3.8, 4) is 11.5 Å². The Morgan fingerprint density at radius 1 is 1.17 bits per heavy atom. The van der Waals surface area contributed by atoms with Crippen LogP contribution in [-0.4, -0.2) is 27.6 Å². The molecule has 1 aromatic carbocycles. The average Bonchev–Trinajstić information content (AvgIpc) is 2.54. The van der Waals surface area contributed by atoms with E-state index in [9.17, 15) is 8.42 Å². The van der Waals surface area contributed by atoms with E-state index in [-0.39, 0.29) is 4.90 Å². The molecule has 0 radical (unpaired) electrons. The lowest BCUT2D eigenvalue weighted by Gasteiger charge is -2.16. The van der Waals surface area contributed by atoms with Crippen LogP contribution in [0.2, 0.25) is 0 Å². The van der Waals surface area contributed by atoms with E-state index in [1.54, 1.807) is 37.4 Å². The average molecular weight is 401 g/mol. The molecule has 0 saturated heterocycles. The normalized spacial score (nSPS) is 12.7. The van der Waals surface area contributed by atoms with Crippen molar-refractivity contribution >= 4 is 26.0 Å². The Labute approximate surface area is 144 Å². The third-order valence-corrected chi connectivity index (χ3v) is 5.69. The number of aromatic nitrogens is 1. The van der Waals surface area contributed by atoms with E-state index in [1.165, 1.54) is 20.3 Å². The molecule has 1 N–H and O–H groups in total. The fourth-order valence-corrected chi connectivity index (χ4v) is 4.28. The molecule has 0 aliphatic rings. The molecule has 0 aliphatic heterocycles. The van der Waals surface area contributed by atoms with Crippen LogP contribution >= 0.6 is 15.9 Å². The molecular formula is C15H17BrN2O4S. The largest absolute Gasteiger partial charge is 0.493 e. The summed E-state index contributed by atoms with van der Waals surface area (Å²) in [6.45, 7) is 1.73. The number of rotatable bonds is 6. The fourth-order valence-electron chi connectivity index (χ4n) is 2.03. The van der Waals surface area contributed by atoms with E-state index in [0.29, 0.717) is 21.7 Å². The molecule has 0 fully saturated rings. The Hall–Kier alpha value is -1.64. The monoisotopic (exact) mass is 400 g/mol. The molecule has 2 aromatic rings. The Balaban J connectivity index is 2.36. The third-order valence-electron chi connectivity index (χ3n) is 3.19. The van der Waals surface area contributed by atoms with Crippen molar-refractivity contribution in [2.24, 2.45) is 0 Å². The molecule has 2 rings (SSSR count). The number of hydrogen-bond acceptors (Lipinski definition) is 5. The molecule has 8 heteroatoms. The summed E-state index contributed by atoms with van der Waals surface area (Å²) in [5.74, 6) is 0.776. The minimum absolute atomic E-state index is 0.0675. The zero-order valence-electron chi connectivity index (χ0n) is 12.9. The number of nitrogens with one attached hydrogen (secondary N) is 1. The molecule has 0 spiro atoms. The van der Waals surface area contributed by atoms with E-state index in [0.717, 1.165) is 0 Å². The molecule has 0 saturated carbocycles. The van der Waals surface area contributed by atoms with Crippen molar-refractivity contribution in [3.05, 3.63) is 46.7 Å². The summed E-state index contributed by atoms with van der Waals surface area (Å²) in [5, 5.41) is 0. The van der Waals surface area contributed by atoms with Crippen LogP contribution in [0.4, 0.5) is 0 Å². The quantitative estimate of drug-likeness (QED) is 0.806. The van der Waals surface area contributed by atoms with Crippen molar-refractivity contribution in [1.29, 1.82) is 0 Å². The molecule has 23 heavy (non-hydrogen) atoms. The summed E-state index contributed by atoms with van der Waals surface area (Å²) in [5.41, 5.74) is 0.632. The maximum atomic E-state index is 12.6. The predicted octanol–water partition coefficient (Wildman–Crippen LogP) is 2.90. The number of benzene rings is 1. The number of hydrogen-bond donors (Lipinski definition) is 1. The van der Waals surface area contributed by atoms with Crippen LogP contribution in [0.25, 0.3) is 0 Å². The number of pyridine rings is 1. The van der Waals surface area contributed by atoms with Gasteiger partial charge in [-0.05, 0) is 41.1 Å². The van der Waals surface area contributed by atoms with Crippen molar-refractivity contribution in [3.63, 3.8) is 0 Å². The molecule has 124 valence electrons. The van der Waals surface area contributed by atoms with Crippen LogP contribution in [0.5, 0.6) is 11.5 Å². The van der Waals surface area contributed by atoms with Crippen molar-refractivity contribution in [2.45, 2.75) is 17.9 Å². The highest BCUT2D eigenvalue weighted by Crippen LogP contribution is 2.35. The van der Waals surface area contributed by atoms with Gasteiger partial charge in [-0.1, -0.05) is 6.07 Å². The van der Waals surface area contributed by atoms with Gasteiger partial charge in [-0.2, -0.15) is 0 Å². The molecule has 1 atom stereocenters. The minimum Gasteiger partial charge on any atom is -0.493 e. The number of ether oxygens (including phenoxy) is 2. The first kappa shape index (κ1) is 17.7. The van der Waals surface area contributed by atoms with Crippen molar-refractivity contribution in [2.75, 3.05) is 14.2 Å². The van der Waals surface area contributed by atoms with Crippen LogP contribution in [0.15, 0.2) is 45.9 Å². The van der Waals surface area contributed by atoms with Gasteiger partial charge in [0.2, 0.25) is 10.0 Å². The molecule has 6 nitrogen and oxygen atoms in total. The van der Waals surface area contributed by atoms with E-state index < -0.39 is 16.1 Å². The lowest BCUT2D eigenvalue weighted by molar-refractivity contribution is 0.353. The maximum Gasteiger partial charge on any atom is 0.242 e. The number of halogens is 1. The highest BCUT2D eigenvalue weighted by Gasteiger charge is 2.24. The predicted molar refractivity (Wildman–Crippen MR) is 90.2 cm³/mol. The second-order valence-electron chi connectivity index (χ2n) is 4.74. The van der Waals surface area contributed by atoms with E-state index >= 15 is 0 Å². The smallest absolute Gasteiger partial charge is 0.242 e. The summed E-state index contributed by atoms with van der Waals surface area (Å²) in [7, 11) is -0.832. The maximum absolute atomic E-state index is 12.6. The molecule has 1 heterocycles. The van der Waals surface area contributed by atoms with Gasteiger partial charge in [-0.3, -0.25) is 4.98 Å². The summed E-state index contributed by atoms with van der Waals surface area (Å²) in [6, 6.07) is 7.84. The van der Waals surface area contributed by atoms with E-state index in [4.69, 9.17) is 9.47 Å². The second-order valence-corrected chi connectivity index (χ2v) is 7.27. The Kier molecular flexibility index (Phi) is 5.61. The molecular weight excluding hydrogens is 384 g/mol. The zero-order chi connectivity index (χ0) is 17.0. The van der Waals surface area contributed by atoms with Gasteiger partial charge < -0.3 is 9.47 Å². The summed E-state index contributed by atoms with van der Waals surface area (Å²) >= 11 is 3.26. The van der Waals surface area contributed by atoms with Gasteiger partial charge in [0.05, 0.1) is 26.0 Å².